The van der Waals surface area contributed by atoms with Crippen LogP contribution in [0.3, 0.4) is 0 Å². The number of aliphatic hydroxyl groups is 1. The van der Waals surface area contributed by atoms with Crippen molar-refractivity contribution in [2.45, 2.75) is 290 Å². The molecule has 0 rings (SSSR count). The van der Waals surface area contributed by atoms with Crippen molar-refractivity contribution in [3.63, 3.8) is 0 Å². The molecular formula is C89H140O17P2. The van der Waals surface area contributed by atoms with Gasteiger partial charge in [0.15, 0.2) is 12.2 Å². The minimum atomic E-state index is -5.02. The van der Waals surface area contributed by atoms with E-state index < -0.39 is 97.5 Å². The zero-order chi connectivity index (χ0) is 78.9. The fourth-order valence-corrected chi connectivity index (χ4v) is 11.4. The number of rotatable bonds is 73. The van der Waals surface area contributed by atoms with Crippen molar-refractivity contribution in [3.8, 4) is 0 Å². The second-order valence-electron chi connectivity index (χ2n) is 25.8. The zero-order valence-corrected chi connectivity index (χ0v) is 68.2. The number of carbonyl (C=O) groups excluding carboxylic acids is 4. The molecule has 0 aliphatic carbocycles. The molecule has 0 saturated heterocycles. The van der Waals surface area contributed by atoms with Gasteiger partial charge in [-0.05, 0) is 167 Å². The number of allylic oxidation sites excluding steroid dienone is 34. The zero-order valence-electron chi connectivity index (χ0n) is 66.4. The standard InChI is InChI=1S/C89H140O17P2/c1-5-9-13-17-21-25-29-33-37-40-41-44-47-50-54-58-62-66-70-74-87(92)100-79-84(105-88(93)75-71-67-63-59-55-51-45-36-32-28-24-20-16-12-8-4)81-103-107(95,96)101-77-83(90)78-102-108(97,98)104-82-85(106-89(94)76-72-68-64-60-56-52-48-43-39-35-31-27-23-19-15-11-7-3)80-99-86(91)73-69-65-61-57-53-49-46-42-38-34-30-26-22-18-14-10-6-2/h9-16,21-28,33-39,41,44-46,49-50,54,57,61-62,66,83-85,90H,5-8,17-20,29-32,40,42-43,47-48,51-53,55-56,58-60,63-65,67-82H2,1-4H3,(H,95,96)(H,97,98)/b13-9-,14-10-,15-11-,16-12-,25-21-,26-22-,27-23-,28-24-,37-33-,38-34-,39-35-,44-41-,45-36-,49-46-,54-50-,61-57-,66-62-. The topological polar surface area (TPSA) is 237 Å². The molecule has 0 spiro atoms. The summed E-state index contributed by atoms with van der Waals surface area (Å²) >= 11 is 0. The van der Waals surface area contributed by atoms with Gasteiger partial charge in [0.2, 0.25) is 0 Å². The summed E-state index contributed by atoms with van der Waals surface area (Å²) in [6.07, 6.45) is 98.2. The molecule has 5 atom stereocenters. The Morgan fingerprint density at radius 1 is 0.259 bits per heavy atom. The molecule has 0 amide bonds. The Bertz CT molecular complexity index is 2860. The lowest BCUT2D eigenvalue weighted by Crippen LogP contribution is -2.30. The highest BCUT2D eigenvalue weighted by molar-refractivity contribution is 7.47. The number of esters is 4. The first-order valence-electron chi connectivity index (χ1n) is 40.3. The number of phosphoric acid groups is 2. The minimum absolute atomic E-state index is 0.0228. The minimum Gasteiger partial charge on any atom is -0.462 e. The van der Waals surface area contributed by atoms with Crippen LogP contribution in [0.25, 0.3) is 0 Å². The average Bonchev–Trinajstić information content (AvgIpc) is 0.901. The molecule has 19 heteroatoms. The quantitative estimate of drug-likeness (QED) is 0.0169. The normalized spacial score (nSPS) is 14.9. The predicted molar refractivity (Wildman–Crippen MR) is 445 cm³/mol. The van der Waals surface area contributed by atoms with Crippen LogP contribution in [-0.4, -0.2) is 96.7 Å². The summed E-state index contributed by atoms with van der Waals surface area (Å²) in [4.78, 5) is 73.1. The SMILES string of the molecule is CC/C=C\C/C=C\C/C=C\C/C=C\C/C=C\C/C=C\CCC(=O)OCC(COP(=O)(O)OCC(O)COP(=O)(O)OCC(COC(=O)CCC/C=C\C/C=C\C/C=C\C/C=C\C/C=C\CC)OC(=O)CCCCCCCCC/C=C\C/C=C\C/C=C\CC)OC(=O)CCCCCCC/C=C\C/C=C\C/C=C\CC. The Labute approximate surface area is 652 Å². The van der Waals surface area contributed by atoms with Crippen molar-refractivity contribution >= 4 is 39.5 Å². The van der Waals surface area contributed by atoms with Crippen LogP contribution in [0, 0.1) is 0 Å². The molecule has 0 aromatic carbocycles. The Balaban J connectivity index is 5.53. The number of carbonyl (C=O) groups is 4. The van der Waals surface area contributed by atoms with Crippen LogP contribution >= 0.6 is 15.6 Å². The van der Waals surface area contributed by atoms with Gasteiger partial charge in [-0.2, -0.15) is 0 Å². The van der Waals surface area contributed by atoms with Crippen molar-refractivity contribution in [2.24, 2.45) is 0 Å². The van der Waals surface area contributed by atoms with E-state index in [1.807, 2.05) is 30.4 Å². The number of hydrogen-bond donors (Lipinski definition) is 3. The van der Waals surface area contributed by atoms with Gasteiger partial charge >= 0.3 is 39.5 Å². The second-order valence-corrected chi connectivity index (χ2v) is 28.7. The van der Waals surface area contributed by atoms with Gasteiger partial charge in [0.25, 0.3) is 0 Å². The summed E-state index contributed by atoms with van der Waals surface area (Å²) in [5.74, 6) is -2.39. The van der Waals surface area contributed by atoms with Gasteiger partial charge in [0.1, 0.15) is 19.3 Å². The lowest BCUT2D eigenvalue weighted by molar-refractivity contribution is -0.161. The molecule has 0 bridgehead atoms. The largest absolute Gasteiger partial charge is 0.472 e. The first-order chi connectivity index (χ1) is 52.7. The van der Waals surface area contributed by atoms with Gasteiger partial charge in [-0.25, -0.2) is 9.13 Å². The van der Waals surface area contributed by atoms with E-state index in [1.165, 1.54) is 0 Å². The predicted octanol–water partition coefficient (Wildman–Crippen LogP) is 23.9. The second kappa shape index (κ2) is 78.8. The maximum absolute atomic E-state index is 13.1. The molecule has 0 aliphatic rings. The number of ether oxygens (including phenoxy) is 4. The molecule has 0 aliphatic heterocycles. The van der Waals surface area contributed by atoms with Crippen molar-refractivity contribution in [3.05, 3.63) is 207 Å². The van der Waals surface area contributed by atoms with Crippen LogP contribution in [0.2, 0.25) is 0 Å². The van der Waals surface area contributed by atoms with Gasteiger partial charge in [-0.1, -0.05) is 286 Å². The van der Waals surface area contributed by atoms with Gasteiger partial charge in [0.05, 0.1) is 26.4 Å². The number of unbranched alkanes of at least 4 members (excludes halogenated alkanes) is 13. The van der Waals surface area contributed by atoms with E-state index in [-0.39, 0.29) is 25.7 Å². The summed E-state index contributed by atoms with van der Waals surface area (Å²) in [5.41, 5.74) is 0. The van der Waals surface area contributed by atoms with E-state index in [9.17, 15) is 43.2 Å². The molecule has 608 valence electrons. The molecule has 0 radical (unpaired) electrons. The molecule has 0 aromatic heterocycles. The lowest BCUT2D eigenvalue weighted by atomic mass is 10.1. The fourth-order valence-electron chi connectivity index (χ4n) is 9.78. The van der Waals surface area contributed by atoms with Crippen LogP contribution in [0.15, 0.2) is 207 Å². The van der Waals surface area contributed by atoms with Crippen molar-refractivity contribution in [1.82, 2.24) is 0 Å². The van der Waals surface area contributed by atoms with E-state index in [0.717, 1.165) is 180 Å². The van der Waals surface area contributed by atoms with Crippen LogP contribution in [0.4, 0.5) is 0 Å². The summed E-state index contributed by atoms with van der Waals surface area (Å²) in [7, 11) is -10.0. The third-order valence-electron chi connectivity index (χ3n) is 15.7. The lowest BCUT2D eigenvalue weighted by Gasteiger charge is -2.21. The van der Waals surface area contributed by atoms with Gasteiger partial charge < -0.3 is 33.8 Å². The van der Waals surface area contributed by atoms with E-state index >= 15 is 0 Å². The van der Waals surface area contributed by atoms with Crippen molar-refractivity contribution in [2.75, 3.05) is 39.6 Å². The molecule has 17 nitrogen and oxygen atoms in total. The Hall–Kier alpha value is -6.36. The van der Waals surface area contributed by atoms with Crippen LogP contribution in [0.5, 0.6) is 0 Å². The molecule has 5 unspecified atom stereocenters. The molecule has 0 saturated carbocycles. The average molecular weight is 1540 g/mol. The van der Waals surface area contributed by atoms with Crippen molar-refractivity contribution < 1.29 is 80.2 Å². The summed E-state index contributed by atoms with van der Waals surface area (Å²) in [5, 5.41) is 10.7. The molecule has 0 fully saturated rings. The summed E-state index contributed by atoms with van der Waals surface area (Å²) in [6, 6.07) is 0. The smallest absolute Gasteiger partial charge is 0.462 e. The highest BCUT2D eigenvalue weighted by Crippen LogP contribution is 2.45. The number of hydrogen-bond acceptors (Lipinski definition) is 15. The Kier molecular flexibility index (Phi) is 74.1. The Morgan fingerprint density at radius 3 is 0.778 bits per heavy atom. The monoisotopic (exact) mass is 1540 g/mol. The Morgan fingerprint density at radius 2 is 0.481 bits per heavy atom. The van der Waals surface area contributed by atoms with Gasteiger partial charge in [-0.3, -0.25) is 37.3 Å². The molecule has 0 aromatic rings. The van der Waals surface area contributed by atoms with Gasteiger partial charge in [-0.15, -0.1) is 0 Å². The molecule has 3 N–H and O–H groups in total. The maximum Gasteiger partial charge on any atom is 0.472 e. The summed E-state index contributed by atoms with van der Waals surface area (Å²) < 4.78 is 68.5. The molecule has 0 heterocycles. The third-order valence-corrected chi connectivity index (χ3v) is 17.6. The van der Waals surface area contributed by atoms with Crippen LogP contribution < -0.4 is 0 Å². The van der Waals surface area contributed by atoms with E-state index in [0.29, 0.717) is 38.5 Å². The van der Waals surface area contributed by atoms with E-state index in [1.54, 1.807) is 0 Å². The van der Waals surface area contributed by atoms with Gasteiger partial charge in [0, 0.05) is 25.7 Å². The molecule has 108 heavy (non-hydrogen) atoms. The number of aliphatic hydroxyl groups excluding tert-OH is 1. The van der Waals surface area contributed by atoms with E-state index in [2.05, 4.69) is 204 Å². The first-order valence-corrected chi connectivity index (χ1v) is 43.3. The summed E-state index contributed by atoms with van der Waals surface area (Å²) in [6.45, 7) is 4.21. The third kappa shape index (κ3) is 77.8. The first kappa shape index (κ1) is 102. The fraction of sp³-hybridized carbons (Fsp3) is 0.573. The van der Waals surface area contributed by atoms with Crippen LogP contribution in [0.1, 0.15) is 272 Å². The highest BCUT2D eigenvalue weighted by atomic mass is 31.2. The van der Waals surface area contributed by atoms with E-state index in [4.69, 9.17) is 37.0 Å². The molecular weight excluding hydrogens is 1400 g/mol. The number of phosphoric ester groups is 2. The van der Waals surface area contributed by atoms with Crippen LogP contribution in [-0.2, 0) is 65.4 Å². The highest BCUT2D eigenvalue weighted by Gasteiger charge is 2.30. The van der Waals surface area contributed by atoms with Crippen molar-refractivity contribution in [1.29, 1.82) is 0 Å². The maximum atomic E-state index is 13.1.